The van der Waals surface area contributed by atoms with E-state index in [1.807, 2.05) is 0 Å². The van der Waals surface area contributed by atoms with Gasteiger partial charge in [0.05, 0.1) is 36.2 Å². The molecule has 1 aromatic heterocycles. The fourth-order valence-corrected chi connectivity index (χ4v) is 5.66. The second-order valence-electron chi connectivity index (χ2n) is 8.65. The summed E-state index contributed by atoms with van der Waals surface area (Å²) in [7, 11) is -1.14. The van der Waals surface area contributed by atoms with Crippen molar-refractivity contribution < 1.29 is 27.1 Å². The van der Waals surface area contributed by atoms with Gasteiger partial charge in [-0.2, -0.15) is 0 Å². The Morgan fingerprint density at radius 3 is 2.46 bits per heavy atom. The van der Waals surface area contributed by atoms with Crippen LogP contribution in [0.25, 0.3) is 10.9 Å². The highest BCUT2D eigenvalue weighted by atomic mass is 32.2. The third-order valence-electron chi connectivity index (χ3n) is 6.26. The first-order chi connectivity index (χ1) is 18.7. The number of ether oxygens (including phenoxy) is 2. The first-order valence-electron chi connectivity index (χ1n) is 12.0. The average molecular weight is 554 g/mol. The van der Waals surface area contributed by atoms with Gasteiger partial charge < -0.3 is 20.5 Å². The number of nitrogens with two attached hydrogens (primary N) is 1. The largest absolute Gasteiger partial charge is 0.497 e. The second kappa shape index (κ2) is 11.5. The highest BCUT2D eigenvalue weighted by molar-refractivity contribution is 7.93. The summed E-state index contributed by atoms with van der Waals surface area (Å²) in [6.07, 6.45) is 1.79. The molecular formula is C27H28FN5O5S. The number of sulfonamides is 1. The molecule has 0 fully saturated rings. The normalized spacial score (nSPS) is 12.1. The van der Waals surface area contributed by atoms with Gasteiger partial charge in [0.2, 0.25) is 10.0 Å². The number of carbonyl (C=O) groups excluding carboxylic acids is 1. The van der Waals surface area contributed by atoms with Crippen LogP contribution in [0.15, 0.2) is 60.9 Å². The van der Waals surface area contributed by atoms with Gasteiger partial charge in [-0.1, -0.05) is 25.1 Å². The average Bonchev–Trinajstić information content (AvgIpc) is 2.93. The topological polar surface area (TPSA) is 146 Å². The Bertz CT molecular complexity index is 1610. The fraction of sp³-hybridized carbons (Fsp3) is 0.222. The molecule has 1 heterocycles. The van der Waals surface area contributed by atoms with Crippen molar-refractivity contribution in [2.24, 2.45) is 0 Å². The number of benzene rings is 3. The lowest BCUT2D eigenvalue weighted by Crippen LogP contribution is -2.29. The Morgan fingerprint density at radius 2 is 1.79 bits per heavy atom. The van der Waals surface area contributed by atoms with Gasteiger partial charge in [0.15, 0.2) is 11.6 Å². The molecule has 0 aliphatic carbocycles. The molecule has 12 heteroatoms. The molecule has 1 atom stereocenters. The first kappa shape index (κ1) is 27.6. The number of amides is 1. The van der Waals surface area contributed by atoms with Crippen molar-refractivity contribution in [2.45, 2.75) is 25.0 Å². The number of hydrogen-bond donors (Lipinski definition) is 3. The number of methoxy groups -OCH3 is 2. The summed E-state index contributed by atoms with van der Waals surface area (Å²) < 4.78 is 54.7. The molecule has 3 aromatic carbocycles. The Balaban J connectivity index is 1.63. The summed E-state index contributed by atoms with van der Waals surface area (Å²) in [6, 6.07) is 14.2. The molecule has 1 amide bonds. The molecular weight excluding hydrogens is 525 g/mol. The first-order valence-corrected chi connectivity index (χ1v) is 13.5. The number of para-hydroxylation sites is 1. The lowest BCUT2D eigenvalue weighted by molar-refractivity contribution is 0.102. The number of fused-ring (bicyclic) bond motifs is 1. The van der Waals surface area contributed by atoms with Crippen LogP contribution in [-0.4, -0.2) is 43.8 Å². The van der Waals surface area contributed by atoms with Crippen LogP contribution in [0.2, 0.25) is 0 Å². The van der Waals surface area contributed by atoms with Crippen molar-refractivity contribution in [3.05, 3.63) is 77.9 Å². The molecule has 0 bridgehead atoms. The molecule has 0 spiro atoms. The van der Waals surface area contributed by atoms with E-state index in [1.54, 1.807) is 50.4 Å². The number of nitrogens with one attached hydrogen (secondary N) is 2. The number of nitrogen functional groups attached to an aromatic ring is 1. The van der Waals surface area contributed by atoms with Crippen molar-refractivity contribution >= 4 is 44.0 Å². The molecule has 0 aliphatic rings. The van der Waals surface area contributed by atoms with E-state index in [0.29, 0.717) is 17.6 Å². The summed E-state index contributed by atoms with van der Waals surface area (Å²) in [5.74, 6) is -0.835. The predicted molar refractivity (Wildman–Crippen MR) is 148 cm³/mol. The molecule has 10 nitrogen and oxygen atoms in total. The van der Waals surface area contributed by atoms with Crippen molar-refractivity contribution in [2.75, 3.05) is 30.0 Å². The maximum absolute atomic E-state index is 15.0. The number of rotatable bonds is 10. The number of hydrogen-bond acceptors (Lipinski definition) is 8. The number of halogens is 1. The molecule has 0 saturated heterocycles. The maximum Gasteiger partial charge on any atom is 0.258 e. The quantitative estimate of drug-likeness (QED) is 0.262. The summed E-state index contributed by atoms with van der Waals surface area (Å²) in [4.78, 5) is 21.2. The third-order valence-corrected chi connectivity index (χ3v) is 8.14. The Morgan fingerprint density at radius 1 is 1.05 bits per heavy atom. The highest BCUT2D eigenvalue weighted by Crippen LogP contribution is 2.37. The van der Waals surface area contributed by atoms with E-state index in [4.69, 9.17) is 15.2 Å². The maximum atomic E-state index is 15.0. The minimum Gasteiger partial charge on any atom is -0.497 e. The van der Waals surface area contributed by atoms with Crippen LogP contribution in [0.1, 0.15) is 29.3 Å². The molecule has 0 radical (unpaired) electrons. The van der Waals surface area contributed by atoms with Crippen LogP contribution >= 0.6 is 0 Å². The van der Waals surface area contributed by atoms with Crippen molar-refractivity contribution in [3.8, 4) is 11.5 Å². The number of anilines is 3. The van der Waals surface area contributed by atoms with Gasteiger partial charge in [-0.3, -0.25) is 9.52 Å². The van der Waals surface area contributed by atoms with Crippen LogP contribution in [-0.2, 0) is 16.4 Å². The van der Waals surface area contributed by atoms with E-state index in [9.17, 15) is 17.6 Å². The summed E-state index contributed by atoms with van der Waals surface area (Å²) in [5.41, 5.74) is 6.76. The zero-order valence-corrected chi connectivity index (χ0v) is 22.4. The number of aromatic nitrogens is 2. The van der Waals surface area contributed by atoms with Crippen LogP contribution in [0.3, 0.4) is 0 Å². The van der Waals surface area contributed by atoms with E-state index < -0.39 is 27.0 Å². The molecule has 0 aliphatic heterocycles. The summed E-state index contributed by atoms with van der Waals surface area (Å²) in [5, 5.41) is 2.16. The Hall–Kier alpha value is -4.45. The van der Waals surface area contributed by atoms with Crippen LogP contribution in [0, 0.1) is 5.82 Å². The van der Waals surface area contributed by atoms with Crippen LogP contribution in [0.4, 0.5) is 21.6 Å². The minimum atomic E-state index is -3.94. The van der Waals surface area contributed by atoms with Crippen molar-refractivity contribution in [1.82, 2.24) is 9.97 Å². The lowest BCUT2D eigenvalue weighted by atomic mass is 10.1. The summed E-state index contributed by atoms with van der Waals surface area (Å²) >= 11 is 0. The molecule has 204 valence electrons. The molecule has 4 N–H and O–H groups in total. The molecule has 4 rings (SSSR count). The second-order valence-corrected chi connectivity index (χ2v) is 10.6. The molecule has 0 saturated carbocycles. The van der Waals surface area contributed by atoms with Gasteiger partial charge in [-0.25, -0.2) is 22.8 Å². The summed E-state index contributed by atoms with van der Waals surface area (Å²) in [6.45, 7) is 1.77. The van der Waals surface area contributed by atoms with Gasteiger partial charge in [0.25, 0.3) is 5.91 Å². The molecule has 1 unspecified atom stereocenters. The van der Waals surface area contributed by atoms with Gasteiger partial charge in [0.1, 0.15) is 23.6 Å². The zero-order valence-electron chi connectivity index (χ0n) is 21.6. The van der Waals surface area contributed by atoms with Gasteiger partial charge in [0, 0.05) is 5.39 Å². The number of carbonyl (C=O) groups is 1. The van der Waals surface area contributed by atoms with Crippen LogP contribution < -0.4 is 25.2 Å². The van der Waals surface area contributed by atoms with Crippen LogP contribution in [0.5, 0.6) is 11.5 Å². The molecule has 39 heavy (non-hydrogen) atoms. The van der Waals surface area contributed by atoms with E-state index in [0.717, 1.165) is 11.6 Å². The van der Waals surface area contributed by atoms with E-state index in [2.05, 4.69) is 20.0 Å². The smallest absolute Gasteiger partial charge is 0.258 e. The Labute approximate surface area is 225 Å². The standard InChI is InChI=1S/C27H28FN5O5S/c1-4-18(14-16-8-10-17(37-2)11-9-16)39(35,36)33-22-13-12-21(28)24(25(22)38-3)32-27(34)20-7-5-6-19-23(20)30-15-31-26(19)29/h5-13,15,18,33H,4,14H2,1-3H3,(H,32,34)(H2,29,30,31). The lowest BCUT2D eigenvalue weighted by Gasteiger charge is -2.20. The predicted octanol–water partition coefficient (Wildman–Crippen LogP) is 4.38. The third kappa shape index (κ3) is 5.85. The van der Waals surface area contributed by atoms with Gasteiger partial charge >= 0.3 is 0 Å². The number of nitrogens with zero attached hydrogens (tertiary/aromatic N) is 2. The Kier molecular flexibility index (Phi) is 8.15. The monoisotopic (exact) mass is 553 g/mol. The van der Waals surface area contributed by atoms with E-state index in [1.165, 1.54) is 25.6 Å². The van der Waals surface area contributed by atoms with E-state index in [-0.39, 0.29) is 40.4 Å². The van der Waals surface area contributed by atoms with Gasteiger partial charge in [-0.05, 0) is 54.8 Å². The van der Waals surface area contributed by atoms with E-state index >= 15 is 0 Å². The van der Waals surface area contributed by atoms with Gasteiger partial charge in [-0.15, -0.1) is 0 Å². The highest BCUT2D eigenvalue weighted by Gasteiger charge is 2.27. The zero-order chi connectivity index (χ0) is 28.2. The van der Waals surface area contributed by atoms with Crippen molar-refractivity contribution in [1.29, 1.82) is 0 Å². The minimum absolute atomic E-state index is 0.0214. The fourth-order valence-electron chi connectivity index (χ4n) is 4.17. The van der Waals surface area contributed by atoms with Crippen molar-refractivity contribution in [3.63, 3.8) is 0 Å². The molecule has 4 aromatic rings. The SMILES string of the molecule is CCC(Cc1ccc(OC)cc1)S(=O)(=O)Nc1ccc(F)c(NC(=O)c2cccc3c(N)ncnc23)c1OC.